The minimum Gasteiger partial charge on any atom is -0.396 e. The van der Waals surface area contributed by atoms with E-state index in [-0.39, 0.29) is 12.8 Å². The highest BCUT2D eigenvalue weighted by atomic mass is 32.1. The number of fused-ring (bicyclic) bond motifs is 1. The van der Waals surface area contributed by atoms with Gasteiger partial charge >= 0.3 is 0 Å². The van der Waals surface area contributed by atoms with Gasteiger partial charge in [-0.1, -0.05) is 11.3 Å². The molecule has 0 aliphatic carbocycles. The maximum absolute atomic E-state index is 13.2. The molecule has 19 heavy (non-hydrogen) atoms. The van der Waals surface area contributed by atoms with Crippen LogP contribution in [0, 0.1) is 6.92 Å². The number of aryl methyl sites for hydroxylation is 1. The second-order valence-corrected chi connectivity index (χ2v) is 5.97. The van der Waals surface area contributed by atoms with Crippen LogP contribution in [-0.2, 0) is 0 Å². The van der Waals surface area contributed by atoms with E-state index in [1.165, 1.54) is 11.3 Å². The molecule has 0 atom stereocenters. The van der Waals surface area contributed by atoms with Crippen molar-refractivity contribution in [2.75, 3.05) is 23.7 Å². The molecule has 2 aromatic rings. The van der Waals surface area contributed by atoms with E-state index in [1.54, 1.807) is 6.20 Å². The minimum absolute atomic E-state index is 0.140. The molecule has 102 valence electrons. The molecule has 0 aromatic carbocycles. The van der Waals surface area contributed by atoms with Crippen LogP contribution in [0.15, 0.2) is 6.20 Å². The van der Waals surface area contributed by atoms with E-state index in [4.69, 9.17) is 5.73 Å². The van der Waals surface area contributed by atoms with Crippen molar-refractivity contribution in [2.24, 2.45) is 0 Å². The molecular formula is C12H14F2N4S. The zero-order valence-corrected chi connectivity index (χ0v) is 11.3. The van der Waals surface area contributed by atoms with Crippen molar-refractivity contribution in [1.82, 2.24) is 9.97 Å². The lowest BCUT2D eigenvalue weighted by atomic mass is 10.1. The first-order chi connectivity index (χ1) is 8.96. The average Bonchev–Trinajstić information content (AvgIpc) is 2.71. The maximum Gasteiger partial charge on any atom is 0.251 e. The van der Waals surface area contributed by atoms with Crippen LogP contribution in [0.3, 0.4) is 0 Å². The summed E-state index contributed by atoms with van der Waals surface area (Å²) >= 11 is 1.49. The van der Waals surface area contributed by atoms with Crippen molar-refractivity contribution in [1.29, 1.82) is 0 Å². The predicted octanol–water partition coefficient (Wildman–Crippen LogP) is 2.82. The Labute approximate surface area is 113 Å². The Kier molecular flexibility index (Phi) is 2.81. The van der Waals surface area contributed by atoms with Crippen LogP contribution in [0.4, 0.5) is 20.2 Å². The molecule has 3 heterocycles. The number of aromatic nitrogens is 2. The lowest BCUT2D eigenvalue weighted by molar-refractivity contribution is -0.0220. The van der Waals surface area contributed by atoms with Gasteiger partial charge in [0.05, 0.1) is 22.6 Å². The molecule has 0 amide bonds. The Morgan fingerprint density at radius 1 is 1.37 bits per heavy atom. The zero-order valence-electron chi connectivity index (χ0n) is 10.5. The average molecular weight is 284 g/mol. The van der Waals surface area contributed by atoms with E-state index >= 15 is 0 Å². The first-order valence-electron chi connectivity index (χ1n) is 6.11. The molecule has 1 aliphatic rings. The van der Waals surface area contributed by atoms with Gasteiger partial charge in [0.15, 0.2) is 0 Å². The van der Waals surface area contributed by atoms with Gasteiger partial charge in [-0.3, -0.25) is 0 Å². The van der Waals surface area contributed by atoms with Crippen LogP contribution in [0.25, 0.3) is 10.3 Å². The number of rotatable bonds is 1. The second-order valence-electron chi connectivity index (χ2n) is 4.79. The third-order valence-corrected chi connectivity index (χ3v) is 4.22. The van der Waals surface area contributed by atoms with Gasteiger partial charge in [0.25, 0.3) is 5.92 Å². The standard InChI is InChI=1S/C12H14F2N4S/c1-7-17-9-10(8(15)6-16-11(9)19-7)18-4-2-12(13,14)3-5-18/h6H,2-5,15H2,1H3. The Bertz CT molecular complexity index is 615. The Morgan fingerprint density at radius 3 is 2.74 bits per heavy atom. The van der Waals surface area contributed by atoms with Crippen molar-refractivity contribution in [3.05, 3.63) is 11.2 Å². The smallest absolute Gasteiger partial charge is 0.251 e. The molecule has 0 unspecified atom stereocenters. The quantitative estimate of drug-likeness (QED) is 0.875. The fourth-order valence-electron chi connectivity index (χ4n) is 2.37. The van der Waals surface area contributed by atoms with Crippen molar-refractivity contribution in [2.45, 2.75) is 25.7 Å². The highest BCUT2D eigenvalue weighted by molar-refractivity contribution is 7.18. The Balaban J connectivity index is 2.02. The Morgan fingerprint density at radius 2 is 2.05 bits per heavy atom. The van der Waals surface area contributed by atoms with E-state index in [0.29, 0.717) is 18.8 Å². The summed E-state index contributed by atoms with van der Waals surface area (Å²) in [6.45, 7) is 2.50. The number of thiazole rings is 1. The molecule has 3 rings (SSSR count). The molecule has 1 fully saturated rings. The third kappa shape index (κ3) is 2.22. The zero-order chi connectivity index (χ0) is 13.6. The van der Waals surface area contributed by atoms with E-state index in [1.807, 2.05) is 11.8 Å². The number of halogens is 2. The number of piperidine rings is 1. The van der Waals surface area contributed by atoms with E-state index < -0.39 is 5.92 Å². The summed E-state index contributed by atoms with van der Waals surface area (Å²) in [6.07, 6.45) is 1.31. The monoisotopic (exact) mass is 284 g/mol. The van der Waals surface area contributed by atoms with Crippen LogP contribution in [0.5, 0.6) is 0 Å². The number of hydrogen-bond donors (Lipinski definition) is 1. The van der Waals surface area contributed by atoms with Crippen molar-refractivity contribution in [3.8, 4) is 0 Å². The number of nitrogens with two attached hydrogens (primary N) is 1. The maximum atomic E-state index is 13.2. The van der Waals surface area contributed by atoms with E-state index in [2.05, 4.69) is 9.97 Å². The summed E-state index contributed by atoms with van der Waals surface area (Å²) in [4.78, 5) is 11.4. The summed E-state index contributed by atoms with van der Waals surface area (Å²) in [5.41, 5.74) is 7.95. The number of hydrogen-bond acceptors (Lipinski definition) is 5. The number of alkyl halides is 2. The molecule has 4 nitrogen and oxygen atoms in total. The molecular weight excluding hydrogens is 270 g/mol. The van der Waals surface area contributed by atoms with Crippen LogP contribution in [-0.4, -0.2) is 29.0 Å². The molecule has 2 N–H and O–H groups in total. The normalized spacial score (nSPS) is 19.0. The van der Waals surface area contributed by atoms with Gasteiger partial charge in [-0.15, -0.1) is 0 Å². The van der Waals surface area contributed by atoms with Crippen molar-refractivity contribution < 1.29 is 8.78 Å². The number of nitrogens with zero attached hydrogens (tertiary/aromatic N) is 3. The lowest BCUT2D eigenvalue weighted by Crippen LogP contribution is -2.39. The second kappa shape index (κ2) is 4.26. The Hall–Kier alpha value is -1.50. The van der Waals surface area contributed by atoms with E-state index in [0.717, 1.165) is 21.0 Å². The third-order valence-electron chi connectivity index (χ3n) is 3.35. The summed E-state index contributed by atoms with van der Waals surface area (Å²) in [7, 11) is 0. The molecule has 1 saturated heterocycles. The fraction of sp³-hybridized carbons (Fsp3) is 0.500. The van der Waals surface area contributed by atoms with Crippen molar-refractivity contribution >= 4 is 33.1 Å². The van der Waals surface area contributed by atoms with E-state index in [9.17, 15) is 8.78 Å². The van der Waals surface area contributed by atoms with Gasteiger partial charge in [0, 0.05) is 25.9 Å². The molecule has 1 aliphatic heterocycles. The van der Waals surface area contributed by atoms with Gasteiger partial charge in [-0.05, 0) is 6.92 Å². The highest BCUT2D eigenvalue weighted by Gasteiger charge is 2.35. The molecule has 0 bridgehead atoms. The van der Waals surface area contributed by atoms with Gasteiger partial charge in [0.1, 0.15) is 10.3 Å². The van der Waals surface area contributed by atoms with Gasteiger partial charge in [-0.2, -0.15) is 0 Å². The highest BCUT2D eigenvalue weighted by Crippen LogP contribution is 2.37. The summed E-state index contributed by atoms with van der Waals surface area (Å²) in [5.74, 6) is -2.56. The van der Waals surface area contributed by atoms with Crippen LogP contribution in [0.2, 0.25) is 0 Å². The lowest BCUT2D eigenvalue weighted by Gasteiger charge is -2.33. The van der Waals surface area contributed by atoms with Gasteiger partial charge < -0.3 is 10.6 Å². The first kappa shape index (κ1) is 12.5. The largest absolute Gasteiger partial charge is 0.396 e. The number of nitrogen functional groups attached to an aromatic ring is 1. The van der Waals surface area contributed by atoms with Crippen LogP contribution >= 0.6 is 11.3 Å². The fourth-order valence-corrected chi connectivity index (χ4v) is 3.14. The summed E-state index contributed by atoms with van der Waals surface area (Å²) < 4.78 is 26.5. The predicted molar refractivity (Wildman–Crippen MR) is 73.0 cm³/mol. The molecule has 7 heteroatoms. The van der Waals surface area contributed by atoms with Crippen LogP contribution < -0.4 is 10.6 Å². The van der Waals surface area contributed by atoms with Crippen molar-refractivity contribution in [3.63, 3.8) is 0 Å². The first-order valence-corrected chi connectivity index (χ1v) is 6.92. The molecule has 0 radical (unpaired) electrons. The number of anilines is 2. The van der Waals surface area contributed by atoms with Gasteiger partial charge in [-0.25, -0.2) is 18.7 Å². The van der Waals surface area contributed by atoms with Gasteiger partial charge in [0.2, 0.25) is 0 Å². The molecule has 0 saturated carbocycles. The SMILES string of the molecule is Cc1nc2c(N3CCC(F)(F)CC3)c(N)cnc2s1. The number of pyridine rings is 1. The molecule has 2 aromatic heterocycles. The van der Waals surface area contributed by atoms with Crippen LogP contribution in [0.1, 0.15) is 17.8 Å². The summed E-state index contributed by atoms with van der Waals surface area (Å²) in [5, 5.41) is 0.900. The summed E-state index contributed by atoms with van der Waals surface area (Å²) in [6, 6.07) is 0. The topological polar surface area (TPSA) is 55.0 Å². The molecule has 0 spiro atoms. The minimum atomic E-state index is -2.56.